The Labute approximate surface area is 106 Å². The Morgan fingerprint density at radius 1 is 1.28 bits per heavy atom. The number of anilines is 1. The van der Waals surface area contributed by atoms with Gasteiger partial charge in [-0.3, -0.25) is 4.79 Å². The summed E-state index contributed by atoms with van der Waals surface area (Å²) in [7, 11) is 0. The van der Waals surface area contributed by atoms with E-state index < -0.39 is 5.91 Å². The summed E-state index contributed by atoms with van der Waals surface area (Å²) in [6.07, 6.45) is 0. The smallest absolute Gasteiger partial charge is 0.248 e. The van der Waals surface area contributed by atoms with E-state index in [0.29, 0.717) is 12.1 Å². The topological polar surface area (TPSA) is 68.3 Å². The van der Waals surface area contributed by atoms with Gasteiger partial charge in [-0.2, -0.15) is 0 Å². The van der Waals surface area contributed by atoms with Crippen LogP contribution in [0.3, 0.4) is 0 Å². The number of rotatable bonds is 4. The molecule has 1 aromatic carbocycles. The maximum Gasteiger partial charge on any atom is 0.248 e. The van der Waals surface area contributed by atoms with Crippen LogP contribution in [0.2, 0.25) is 0 Å². The highest BCUT2D eigenvalue weighted by Gasteiger charge is 2.05. The summed E-state index contributed by atoms with van der Waals surface area (Å²) in [5.41, 5.74) is 7.69. The minimum absolute atomic E-state index is 0.411. The first kappa shape index (κ1) is 12.2. The fraction of sp³-hybridized carbons (Fsp3) is 0.214. The molecular formula is C14H16N2O2. The molecule has 0 unspecified atom stereocenters. The molecule has 0 aliphatic rings. The van der Waals surface area contributed by atoms with Gasteiger partial charge in [-0.25, -0.2) is 0 Å². The third-order valence-corrected chi connectivity index (χ3v) is 2.76. The zero-order valence-electron chi connectivity index (χ0n) is 10.5. The number of nitrogens with two attached hydrogens (primary N) is 1. The zero-order chi connectivity index (χ0) is 13.1. The predicted octanol–water partition coefficient (Wildman–Crippen LogP) is 2.61. The molecule has 0 saturated carbocycles. The Morgan fingerprint density at radius 2 is 2.06 bits per heavy atom. The highest BCUT2D eigenvalue weighted by Crippen LogP contribution is 2.18. The van der Waals surface area contributed by atoms with Crippen molar-refractivity contribution in [2.24, 2.45) is 5.73 Å². The first-order valence-corrected chi connectivity index (χ1v) is 5.76. The average molecular weight is 244 g/mol. The van der Waals surface area contributed by atoms with E-state index in [4.69, 9.17) is 10.2 Å². The van der Waals surface area contributed by atoms with Gasteiger partial charge in [0.1, 0.15) is 11.5 Å². The van der Waals surface area contributed by atoms with Crippen LogP contribution in [0.15, 0.2) is 34.7 Å². The van der Waals surface area contributed by atoms with Crippen LogP contribution in [0.5, 0.6) is 0 Å². The summed E-state index contributed by atoms with van der Waals surface area (Å²) in [5.74, 6) is 1.37. The monoisotopic (exact) mass is 244 g/mol. The van der Waals surface area contributed by atoms with Gasteiger partial charge in [-0.05, 0) is 49.7 Å². The number of hydrogen-bond acceptors (Lipinski definition) is 3. The molecule has 0 bridgehead atoms. The van der Waals surface area contributed by atoms with Gasteiger partial charge in [0.15, 0.2) is 0 Å². The van der Waals surface area contributed by atoms with Gasteiger partial charge >= 0.3 is 0 Å². The van der Waals surface area contributed by atoms with Gasteiger partial charge in [0.05, 0.1) is 6.54 Å². The summed E-state index contributed by atoms with van der Waals surface area (Å²) in [4.78, 5) is 11.0. The van der Waals surface area contributed by atoms with Gasteiger partial charge in [0.25, 0.3) is 0 Å². The minimum Gasteiger partial charge on any atom is -0.465 e. The molecule has 0 atom stereocenters. The molecule has 94 valence electrons. The first-order chi connectivity index (χ1) is 8.56. The third kappa shape index (κ3) is 2.71. The van der Waals surface area contributed by atoms with Crippen LogP contribution in [-0.4, -0.2) is 5.91 Å². The second-order valence-corrected chi connectivity index (χ2v) is 4.26. The van der Waals surface area contributed by atoms with Gasteiger partial charge in [-0.1, -0.05) is 0 Å². The molecule has 0 aliphatic carbocycles. The molecule has 3 N–H and O–H groups in total. The lowest BCUT2D eigenvalue weighted by Gasteiger charge is -2.09. The van der Waals surface area contributed by atoms with Crippen molar-refractivity contribution in [1.29, 1.82) is 0 Å². The lowest BCUT2D eigenvalue weighted by molar-refractivity contribution is 0.1000. The number of furan rings is 1. The Morgan fingerprint density at radius 3 is 2.61 bits per heavy atom. The molecule has 0 spiro atoms. The van der Waals surface area contributed by atoms with Crippen LogP contribution in [0.25, 0.3) is 0 Å². The molecule has 1 heterocycles. The molecule has 0 radical (unpaired) electrons. The van der Waals surface area contributed by atoms with Crippen LogP contribution in [-0.2, 0) is 6.54 Å². The second kappa shape index (κ2) is 4.96. The highest BCUT2D eigenvalue weighted by molar-refractivity contribution is 5.93. The van der Waals surface area contributed by atoms with Crippen molar-refractivity contribution < 1.29 is 9.21 Å². The standard InChI is InChI=1S/C14H16N2O2/c1-9-7-11(14(15)17)4-6-13(9)16-8-12-5-3-10(2)18-12/h3-7,16H,8H2,1-2H3,(H2,15,17). The van der Waals surface area contributed by atoms with Crippen molar-refractivity contribution in [3.8, 4) is 0 Å². The normalized spacial score (nSPS) is 10.3. The number of carbonyl (C=O) groups is 1. The van der Waals surface area contributed by atoms with Crippen molar-refractivity contribution in [2.45, 2.75) is 20.4 Å². The van der Waals surface area contributed by atoms with E-state index in [0.717, 1.165) is 22.8 Å². The number of amides is 1. The molecule has 1 aromatic heterocycles. The number of hydrogen-bond donors (Lipinski definition) is 2. The molecule has 0 saturated heterocycles. The summed E-state index contributed by atoms with van der Waals surface area (Å²) in [6.45, 7) is 4.46. The van der Waals surface area contributed by atoms with Gasteiger partial charge in [-0.15, -0.1) is 0 Å². The van der Waals surface area contributed by atoms with Crippen molar-refractivity contribution in [2.75, 3.05) is 5.32 Å². The maximum absolute atomic E-state index is 11.0. The lowest BCUT2D eigenvalue weighted by Crippen LogP contribution is -2.11. The average Bonchev–Trinajstić information content (AvgIpc) is 2.73. The molecule has 4 nitrogen and oxygen atoms in total. The summed E-state index contributed by atoms with van der Waals surface area (Å²) in [5, 5.41) is 3.26. The molecule has 2 rings (SSSR count). The fourth-order valence-corrected chi connectivity index (χ4v) is 1.78. The fourth-order valence-electron chi connectivity index (χ4n) is 1.78. The van der Waals surface area contributed by atoms with Gasteiger partial charge < -0.3 is 15.5 Å². The van der Waals surface area contributed by atoms with Crippen molar-refractivity contribution in [3.63, 3.8) is 0 Å². The van der Waals surface area contributed by atoms with E-state index in [2.05, 4.69) is 5.32 Å². The van der Waals surface area contributed by atoms with Crippen LogP contribution in [0.4, 0.5) is 5.69 Å². The molecule has 0 aliphatic heterocycles. The second-order valence-electron chi connectivity index (χ2n) is 4.26. The zero-order valence-corrected chi connectivity index (χ0v) is 10.5. The predicted molar refractivity (Wildman–Crippen MR) is 70.5 cm³/mol. The Bertz CT molecular complexity index is 573. The molecule has 2 aromatic rings. The van der Waals surface area contributed by atoms with E-state index in [9.17, 15) is 4.79 Å². The maximum atomic E-state index is 11.0. The van der Waals surface area contributed by atoms with Gasteiger partial charge in [0, 0.05) is 11.3 Å². The number of benzene rings is 1. The highest BCUT2D eigenvalue weighted by atomic mass is 16.3. The molecule has 1 amide bonds. The van der Waals surface area contributed by atoms with Crippen LogP contribution in [0.1, 0.15) is 27.4 Å². The number of nitrogens with one attached hydrogen (secondary N) is 1. The van der Waals surface area contributed by atoms with Crippen molar-refractivity contribution in [1.82, 2.24) is 0 Å². The third-order valence-electron chi connectivity index (χ3n) is 2.76. The van der Waals surface area contributed by atoms with Crippen molar-refractivity contribution >= 4 is 11.6 Å². The SMILES string of the molecule is Cc1ccc(CNc2ccc(C(N)=O)cc2C)o1. The summed E-state index contributed by atoms with van der Waals surface area (Å²) < 4.78 is 5.47. The summed E-state index contributed by atoms with van der Waals surface area (Å²) >= 11 is 0. The van der Waals surface area contributed by atoms with Crippen LogP contribution < -0.4 is 11.1 Å². The van der Waals surface area contributed by atoms with E-state index in [1.54, 1.807) is 12.1 Å². The quantitative estimate of drug-likeness (QED) is 0.868. The minimum atomic E-state index is -0.411. The largest absolute Gasteiger partial charge is 0.465 e. The molecule has 18 heavy (non-hydrogen) atoms. The van der Waals surface area contributed by atoms with E-state index in [-0.39, 0.29) is 0 Å². The van der Waals surface area contributed by atoms with Crippen molar-refractivity contribution in [3.05, 3.63) is 53.0 Å². The first-order valence-electron chi connectivity index (χ1n) is 5.76. The molecule has 0 fully saturated rings. The van der Waals surface area contributed by atoms with E-state index in [1.165, 1.54) is 0 Å². The van der Waals surface area contributed by atoms with E-state index >= 15 is 0 Å². The Balaban J connectivity index is 2.08. The number of aryl methyl sites for hydroxylation is 2. The Hall–Kier alpha value is -2.23. The van der Waals surface area contributed by atoms with Gasteiger partial charge in [0.2, 0.25) is 5.91 Å². The summed E-state index contributed by atoms with van der Waals surface area (Å²) in [6, 6.07) is 9.21. The van der Waals surface area contributed by atoms with Crippen LogP contribution in [0, 0.1) is 13.8 Å². The molecule has 4 heteroatoms. The molecular weight excluding hydrogens is 228 g/mol. The number of carbonyl (C=O) groups excluding carboxylic acids is 1. The lowest BCUT2D eigenvalue weighted by atomic mass is 10.1. The van der Waals surface area contributed by atoms with E-state index in [1.807, 2.05) is 32.0 Å². The number of primary amides is 1. The Kier molecular flexibility index (Phi) is 3.37. The van der Waals surface area contributed by atoms with Crippen LogP contribution >= 0.6 is 0 Å².